The van der Waals surface area contributed by atoms with Gasteiger partial charge in [0.1, 0.15) is 18.1 Å². The SMILES string of the molecule is C[C@@H]1C=C(C(=O)OCc2ccccc2)C2(C(=O)N3[C@@H](C(=O)OC(c4ccccc4)c4ccccc4)C(C)(C)S[C@@H]32)[C@H]1C(=O)c1ccccc1. The highest BCUT2D eigenvalue weighted by molar-refractivity contribution is 8.01. The molecule has 8 heteroatoms. The molecule has 2 fully saturated rings. The van der Waals surface area contributed by atoms with E-state index in [1.165, 1.54) is 11.8 Å². The number of benzene rings is 4. The van der Waals surface area contributed by atoms with Crippen LogP contribution in [-0.4, -0.2) is 44.7 Å². The molecule has 2 heterocycles. The van der Waals surface area contributed by atoms with Crippen molar-refractivity contribution in [2.24, 2.45) is 17.3 Å². The zero-order valence-electron chi connectivity index (χ0n) is 27.5. The second-order valence-electron chi connectivity index (χ2n) is 13.4. The van der Waals surface area contributed by atoms with Crippen LogP contribution in [0, 0.1) is 17.3 Å². The van der Waals surface area contributed by atoms with E-state index in [9.17, 15) is 19.2 Å². The summed E-state index contributed by atoms with van der Waals surface area (Å²) in [5.41, 5.74) is 1.55. The Kier molecular flexibility index (Phi) is 8.53. The van der Waals surface area contributed by atoms with Crippen LogP contribution in [0.1, 0.15) is 53.9 Å². The number of hydrogen-bond acceptors (Lipinski definition) is 7. The Hall–Kier alpha value is -4.95. The normalized spacial score (nSPS) is 25.0. The monoisotopic (exact) mass is 671 g/mol. The Balaban J connectivity index is 1.24. The predicted molar refractivity (Wildman–Crippen MR) is 187 cm³/mol. The van der Waals surface area contributed by atoms with Crippen molar-refractivity contribution in [2.75, 3.05) is 0 Å². The first kappa shape index (κ1) is 32.6. The van der Waals surface area contributed by atoms with Crippen LogP contribution in [0.25, 0.3) is 0 Å². The molecule has 0 saturated carbocycles. The quantitative estimate of drug-likeness (QED) is 0.106. The number of esters is 2. The Labute approximate surface area is 290 Å². The number of rotatable bonds is 9. The molecule has 49 heavy (non-hydrogen) atoms. The van der Waals surface area contributed by atoms with Crippen molar-refractivity contribution in [3.05, 3.63) is 155 Å². The number of thioether (sulfide) groups is 1. The van der Waals surface area contributed by atoms with Crippen LogP contribution in [0.4, 0.5) is 0 Å². The van der Waals surface area contributed by atoms with Crippen molar-refractivity contribution in [1.29, 1.82) is 0 Å². The maximum Gasteiger partial charge on any atom is 0.335 e. The lowest BCUT2D eigenvalue weighted by molar-refractivity contribution is -0.179. The summed E-state index contributed by atoms with van der Waals surface area (Å²) in [7, 11) is 0. The number of fused-ring (bicyclic) bond motifs is 2. The van der Waals surface area contributed by atoms with Gasteiger partial charge in [-0.15, -0.1) is 11.8 Å². The first-order valence-corrected chi connectivity index (χ1v) is 17.4. The van der Waals surface area contributed by atoms with Crippen LogP contribution in [0.2, 0.25) is 0 Å². The summed E-state index contributed by atoms with van der Waals surface area (Å²) in [6, 6.07) is 36.2. The highest BCUT2D eigenvalue weighted by Gasteiger charge is 2.78. The molecule has 0 aromatic heterocycles. The minimum atomic E-state index is -1.50. The number of carbonyl (C=O) groups is 4. The average molecular weight is 672 g/mol. The molecule has 1 spiro atoms. The van der Waals surface area contributed by atoms with E-state index in [1.807, 2.05) is 118 Å². The van der Waals surface area contributed by atoms with Gasteiger partial charge in [-0.05, 0) is 36.5 Å². The van der Waals surface area contributed by atoms with E-state index in [0.717, 1.165) is 16.7 Å². The maximum absolute atomic E-state index is 14.9. The first-order chi connectivity index (χ1) is 23.6. The lowest BCUT2D eigenvalue weighted by atomic mass is 9.62. The highest BCUT2D eigenvalue weighted by atomic mass is 32.2. The molecule has 7 rings (SSSR count). The van der Waals surface area contributed by atoms with Crippen LogP contribution < -0.4 is 0 Å². The van der Waals surface area contributed by atoms with Crippen LogP contribution in [0.5, 0.6) is 0 Å². The smallest absolute Gasteiger partial charge is 0.335 e. The summed E-state index contributed by atoms with van der Waals surface area (Å²) >= 11 is 1.43. The zero-order valence-corrected chi connectivity index (χ0v) is 28.3. The summed E-state index contributed by atoms with van der Waals surface area (Å²) in [5.74, 6) is -3.13. The fourth-order valence-corrected chi connectivity index (χ4v) is 9.52. The molecule has 0 N–H and O–H groups in total. The molecule has 3 aliphatic rings. The van der Waals surface area contributed by atoms with Gasteiger partial charge >= 0.3 is 11.9 Å². The second-order valence-corrected chi connectivity index (χ2v) is 15.1. The Bertz CT molecular complexity index is 1870. The van der Waals surface area contributed by atoms with Crippen molar-refractivity contribution >= 4 is 35.4 Å². The summed E-state index contributed by atoms with van der Waals surface area (Å²) < 4.78 is 11.3. The molecule has 4 aromatic rings. The molecule has 2 aliphatic heterocycles. The fraction of sp³-hybridized carbons (Fsp3) is 0.268. The van der Waals surface area contributed by atoms with E-state index in [1.54, 1.807) is 35.2 Å². The van der Waals surface area contributed by atoms with Crippen molar-refractivity contribution < 1.29 is 28.7 Å². The van der Waals surface area contributed by atoms with E-state index in [2.05, 4.69) is 0 Å². The number of Topliss-reactive ketones (excluding diaryl/α,β-unsaturated/α-hetero) is 1. The van der Waals surface area contributed by atoms with E-state index in [0.29, 0.717) is 5.56 Å². The van der Waals surface area contributed by atoms with Gasteiger partial charge in [0.05, 0.1) is 16.9 Å². The number of allylic oxidation sites excluding steroid dienone is 1. The molecule has 248 valence electrons. The van der Waals surface area contributed by atoms with Gasteiger partial charge in [-0.1, -0.05) is 134 Å². The minimum absolute atomic E-state index is 0.0231. The van der Waals surface area contributed by atoms with Crippen LogP contribution in [0.3, 0.4) is 0 Å². The van der Waals surface area contributed by atoms with Crippen LogP contribution in [0.15, 0.2) is 133 Å². The number of amides is 1. The third kappa shape index (κ3) is 5.48. The average Bonchev–Trinajstić information content (AvgIpc) is 3.60. The fourth-order valence-electron chi connectivity index (χ4n) is 7.71. The van der Waals surface area contributed by atoms with E-state index in [4.69, 9.17) is 9.47 Å². The van der Waals surface area contributed by atoms with Crippen molar-refractivity contribution in [3.8, 4) is 0 Å². The summed E-state index contributed by atoms with van der Waals surface area (Å²) in [6.45, 7) is 5.70. The number of ketones is 1. The van der Waals surface area contributed by atoms with Gasteiger partial charge in [0.15, 0.2) is 11.9 Å². The minimum Gasteiger partial charge on any atom is -0.457 e. The summed E-state index contributed by atoms with van der Waals surface area (Å²) in [5, 5.41) is -0.669. The number of nitrogens with zero attached hydrogens (tertiary/aromatic N) is 1. The van der Waals surface area contributed by atoms with Gasteiger partial charge < -0.3 is 14.4 Å². The lowest BCUT2D eigenvalue weighted by Gasteiger charge is -2.55. The highest BCUT2D eigenvalue weighted by Crippen LogP contribution is 2.68. The number of hydrogen-bond donors (Lipinski definition) is 0. The molecule has 1 unspecified atom stereocenters. The van der Waals surface area contributed by atoms with Crippen molar-refractivity contribution in [3.63, 3.8) is 0 Å². The van der Waals surface area contributed by atoms with Gasteiger partial charge in [-0.2, -0.15) is 0 Å². The van der Waals surface area contributed by atoms with Gasteiger partial charge in [-0.25, -0.2) is 9.59 Å². The third-order valence-corrected chi connectivity index (χ3v) is 11.6. The molecule has 5 atom stereocenters. The van der Waals surface area contributed by atoms with Gasteiger partial charge in [-0.3, -0.25) is 9.59 Å². The lowest BCUT2D eigenvalue weighted by Crippen LogP contribution is -2.73. The molecule has 1 aliphatic carbocycles. The van der Waals surface area contributed by atoms with Crippen molar-refractivity contribution in [2.45, 2.75) is 49.6 Å². The largest absolute Gasteiger partial charge is 0.457 e. The Morgan fingerprint density at radius 3 is 1.90 bits per heavy atom. The molecule has 0 bridgehead atoms. The second kappa shape index (κ2) is 12.8. The maximum atomic E-state index is 14.9. The molecular weight excluding hydrogens is 635 g/mol. The van der Waals surface area contributed by atoms with Gasteiger partial charge in [0.25, 0.3) is 0 Å². The predicted octanol–water partition coefficient (Wildman–Crippen LogP) is 7.19. The third-order valence-electron chi connectivity index (χ3n) is 9.91. The Morgan fingerprint density at radius 1 is 0.796 bits per heavy atom. The number of β-lactam (4-membered cyclic amide) rings is 1. The van der Waals surface area contributed by atoms with E-state index >= 15 is 0 Å². The molecule has 2 saturated heterocycles. The van der Waals surface area contributed by atoms with Crippen molar-refractivity contribution in [1.82, 2.24) is 4.90 Å². The van der Waals surface area contributed by atoms with Gasteiger partial charge in [0.2, 0.25) is 5.91 Å². The van der Waals surface area contributed by atoms with Crippen LogP contribution >= 0.6 is 11.8 Å². The topological polar surface area (TPSA) is 90.0 Å². The number of carbonyl (C=O) groups excluding carboxylic acids is 4. The summed E-state index contributed by atoms with van der Waals surface area (Å²) in [4.78, 5) is 59.1. The first-order valence-electron chi connectivity index (χ1n) is 16.5. The molecule has 0 radical (unpaired) electrons. The molecule has 4 aromatic carbocycles. The number of ether oxygens (including phenoxy) is 2. The summed E-state index contributed by atoms with van der Waals surface area (Å²) in [6.07, 6.45) is 1.04. The molecular formula is C41H37NO6S. The molecule has 1 amide bonds. The standard InChI is InChI=1S/C41H37NO6S/c1-26-24-31(36(44)47-25-27-16-8-4-9-17-27)41(32(26)33(43)28-18-10-5-11-19-28)38(46)42-35(40(2,3)49-39(41)42)37(45)48-34(29-20-12-6-13-21-29)30-22-14-7-15-23-30/h4-24,26,32,34-35,39H,25H2,1-3H3/t26-,32-,35+,39-,41?/m1/s1. The Morgan fingerprint density at radius 2 is 1.33 bits per heavy atom. The van der Waals surface area contributed by atoms with Crippen LogP contribution in [-0.2, 0) is 30.5 Å². The van der Waals surface area contributed by atoms with E-state index in [-0.39, 0.29) is 18.0 Å². The van der Waals surface area contributed by atoms with E-state index < -0.39 is 57.4 Å². The molecule has 7 nitrogen and oxygen atoms in total. The zero-order chi connectivity index (χ0) is 34.3. The van der Waals surface area contributed by atoms with Gasteiger partial charge in [0, 0.05) is 10.3 Å².